The number of nitrogens with zero attached hydrogens (tertiary/aromatic N) is 4. The Labute approximate surface area is 170 Å². The van der Waals surface area contributed by atoms with Gasteiger partial charge in [0.25, 0.3) is 5.56 Å². The van der Waals surface area contributed by atoms with Crippen molar-refractivity contribution in [3.63, 3.8) is 0 Å². The molecule has 0 spiro atoms. The molecule has 0 fully saturated rings. The number of hydrogen-bond acceptors (Lipinski definition) is 7. The zero-order chi connectivity index (χ0) is 20.2. The molecule has 4 aromatic rings. The van der Waals surface area contributed by atoms with E-state index in [1.165, 1.54) is 22.2 Å². The van der Waals surface area contributed by atoms with Gasteiger partial charge < -0.3 is 9.84 Å². The van der Waals surface area contributed by atoms with Gasteiger partial charge in [0.05, 0.1) is 11.8 Å². The third kappa shape index (κ3) is 4.24. The van der Waals surface area contributed by atoms with Crippen molar-refractivity contribution in [3.8, 4) is 11.4 Å². The third-order valence-corrected chi connectivity index (χ3v) is 5.42. The van der Waals surface area contributed by atoms with Crippen LogP contribution in [-0.4, -0.2) is 32.1 Å². The Bertz CT molecular complexity index is 1210. The van der Waals surface area contributed by atoms with Crippen LogP contribution >= 0.6 is 11.3 Å². The van der Waals surface area contributed by atoms with Crippen LogP contribution in [0.25, 0.3) is 21.6 Å². The van der Waals surface area contributed by atoms with Crippen LogP contribution in [0.15, 0.2) is 51.4 Å². The Balaban J connectivity index is 1.28. The largest absolute Gasteiger partial charge is 0.354 e. The summed E-state index contributed by atoms with van der Waals surface area (Å²) in [6.07, 6.45) is 2.09. The van der Waals surface area contributed by atoms with Gasteiger partial charge in [0.2, 0.25) is 17.6 Å². The van der Waals surface area contributed by atoms with E-state index >= 15 is 0 Å². The van der Waals surface area contributed by atoms with Gasteiger partial charge in [0, 0.05) is 31.5 Å². The minimum atomic E-state index is -0.140. The molecule has 0 unspecified atom stereocenters. The number of carbonyl (C=O) groups is 1. The summed E-state index contributed by atoms with van der Waals surface area (Å²) in [6.45, 7) is 2.69. The predicted molar refractivity (Wildman–Crippen MR) is 110 cm³/mol. The molecule has 0 aliphatic carbocycles. The summed E-state index contributed by atoms with van der Waals surface area (Å²) in [5.41, 5.74) is 2.58. The van der Waals surface area contributed by atoms with Gasteiger partial charge in [-0.1, -0.05) is 29.4 Å². The van der Waals surface area contributed by atoms with E-state index in [-0.39, 0.29) is 17.9 Å². The van der Waals surface area contributed by atoms with Crippen LogP contribution in [-0.2, 0) is 17.8 Å². The number of rotatable bonds is 7. The first-order chi connectivity index (χ1) is 14.1. The van der Waals surface area contributed by atoms with Gasteiger partial charge in [-0.3, -0.25) is 14.2 Å². The topological polar surface area (TPSA) is 103 Å². The van der Waals surface area contributed by atoms with Crippen molar-refractivity contribution in [1.29, 1.82) is 0 Å². The van der Waals surface area contributed by atoms with E-state index < -0.39 is 0 Å². The van der Waals surface area contributed by atoms with Gasteiger partial charge in [0.1, 0.15) is 4.70 Å². The molecule has 4 rings (SSSR count). The molecule has 3 aromatic heterocycles. The van der Waals surface area contributed by atoms with Crippen LogP contribution in [0.5, 0.6) is 0 Å². The number of fused-ring (bicyclic) bond motifs is 1. The zero-order valence-electron chi connectivity index (χ0n) is 15.8. The lowest BCUT2D eigenvalue weighted by Gasteiger charge is -2.06. The number of aromatic nitrogens is 4. The average molecular weight is 409 g/mol. The summed E-state index contributed by atoms with van der Waals surface area (Å²) < 4.78 is 7.38. The minimum Gasteiger partial charge on any atom is -0.354 e. The molecule has 148 valence electrons. The highest BCUT2D eigenvalue weighted by Crippen LogP contribution is 2.20. The fraction of sp³-hybridized carbons (Fsp3) is 0.250. The van der Waals surface area contributed by atoms with E-state index in [2.05, 4.69) is 20.4 Å². The standard InChI is InChI=1S/C20H19N5O3S/c1-13-4-2-3-5-14(13)19-23-17(28-24-19)7-6-16(26)21-9-10-25-12-22-15-8-11-29-18(15)20(25)27/h2-5,8,11-12H,6-7,9-10H2,1H3,(H,21,26). The van der Waals surface area contributed by atoms with E-state index in [0.29, 0.717) is 41.4 Å². The van der Waals surface area contributed by atoms with Gasteiger partial charge in [-0.2, -0.15) is 4.98 Å². The molecule has 0 aliphatic heterocycles. The molecule has 0 atom stereocenters. The molecule has 0 bridgehead atoms. The summed E-state index contributed by atoms with van der Waals surface area (Å²) in [7, 11) is 0. The maximum absolute atomic E-state index is 12.3. The second-order valence-corrected chi connectivity index (χ2v) is 7.47. The number of nitrogens with one attached hydrogen (secondary N) is 1. The normalized spacial score (nSPS) is 11.1. The molecule has 0 aliphatic rings. The van der Waals surface area contributed by atoms with Crippen LogP contribution in [0, 0.1) is 6.92 Å². The fourth-order valence-corrected chi connectivity index (χ4v) is 3.75. The highest BCUT2D eigenvalue weighted by atomic mass is 32.1. The Hall–Kier alpha value is -3.33. The quantitative estimate of drug-likeness (QED) is 0.503. The molecule has 8 nitrogen and oxygen atoms in total. The van der Waals surface area contributed by atoms with Gasteiger partial charge in [-0.15, -0.1) is 11.3 Å². The Morgan fingerprint density at radius 2 is 2.14 bits per heavy atom. The van der Waals surface area contributed by atoms with Crippen molar-refractivity contribution in [2.75, 3.05) is 6.54 Å². The lowest BCUT2D eigenvalue weighted by molar-refractivity contribution is -0.121. The van der Waals surface area contributed by atoms with Crippen LogP contribution in [0.2, 0.25) is 0 Å². The summed E-state index contributed by atoms with van der Waals surface area (Å²) in [5.74, 6) is 0.801. The van der Waals surface area contributed by atoms with Crippen LogP contribution in [0.4, 0.5) is 0 Å². The second kappa shape index (κ2) is 8.36. The minimum absolute atomic E-state index is 0.0890. The Kier molecular flexibility index (Phi) is 5.48. The molecule has 1 N–H and O–H groups in total. The first-order valence-corrected chi connectivity index (χ1v) is 10.1. The third-order valence-electron chi connectivity index (χ3n) is 4.53. The number of aryl methyl sites for hydroxylation is 2. The van der Waals surface area contributed by atoms with Crippen molar-refractivity contribution in [2.24, 2.45) is 0 Å². The highest BCUT2D eigenvalue weighted by Gasteiger charge is 2.12. The summed E-state index contributed by atoms with van der Waals surface area (Å²) in [5, 5.41) is 8.64. The van der Waals surface area contributed by atoms with Gasteiger partial charge in [-0.05, 0) is 23.9 Å². The smallest absolute Gasteiger partial charge is 0.271 e. The van der Waals surface area contributed by atoms with Crippen molar-refractivity contribution in [3.05, 3.63) is 63.8 Å². The van der Waals surface area contributed by atoms with E-state index in [1.807, 2.05) is 42.6 Å². The predicted octanol–water partition coefficient (Wildman–Crippen LogP) is 2.57. The lowest BCUT2D eigenvalue weighted by atomic mass is 10.1. The molecule has 0 saturated heterocycles. The van der Waals surface area contributed by atoms with Crippen LogP contribution in [0.1, 0.15) is 17.9 Å². The molecule has 1 aromatic carbocycles. The summed E-state index contributed by atoms with van der Waals surface area (Å²) >= 11 is 1.37. The van der Waals surface area contributed by atoms with Crippen molar-refractivity contribution in [1.82, 2.24) is 25.0 Å². The fourth-order valence-electron chi connectivity index (χ4n) is 2.95. The molecular weight excluding hydrogens is 390 g/mol. The first-order valence-electron chi connectivity index (χ1n) is 9.20. The van der Waals surface area contributed by atoms with E-state index in [1.54, 1.807) is 0 Å². The van der Waals surface area contributed by atoms with E-state index in [0.717, 1.165) is 11.1 Å². The molecule has 1 amide bonds. The SMILES string of the molecule is Cc1ccccc1-c1noc(CCC(=O)NCCn2cnc3ccsc3c2=O)n1. The maximum Gasteiger partial charge on any atom is 0.271 e. The van der Waals surface area contributed by atoms with E-state index in [9.17, 15) is 9.59 Å². The van der Waals surface area contributed by atoms with Crippen molar-refractivity contribution >= 4 is 27.5 Å². The van der Waals surface area contributed by atoms with Crippen LogP contribution < -0.4 is 10.9 Å². The zero-order valence-corrected chi connectivity index (χ0v) is 16.6. The first kappa shape index (κ1) is 19.0. The van der Waals surface area contributed by atoms with Gasteiger partial charge >= 0.3 is 0 Å². The summed E-state index contributed by atoms with van der Waals surface area (Å²) in [4.78, 5) is 33.0. The number of thiophene rings is 1. The Morgan fingerprint density at radius 1 is 1.28 bits per heavy atom. The monoisotopic (exact) mass is 409 g/mol. The molecule has 0 radical (unpaired) electrons. The lowest BCUT2D eigenvalue weighted by Crippen LogP contribution is -2.30. The molecular formula is C20H19N5O3S. The number of hydrogen-bond donors (Lipinski definition) is 1. The molecule has 0 saturated carbocycles. The Morgan fingerprint density at radius 3 is 3.00 bits per heavy atom. The number of amides is 1. The maximum atomic E-state index is 12.3. The highest BCUT2D eigenvalue weighted by molar-refractivity contribution is 7.17. The van der Waals surface area contributed by atoms with Crippen molar-refractivity contribution < 1.29 is 9.32 Å². The molecule has 3 heterocycles. The van der Waals surface area contributed by atoms with E-state index in [4.69, 9.17) is 4.52 Å². The molecule has 9 heteroatoms. The van der Waals surface area contributed by atoms with Crippen LogP contribution in [0.3, 0.4) is 0 Å². The van der Waals surface area contributed by atoms with Crippen molar-refractivity contribution in [2.45, 2.75) is 26.3 Å². The number of carbonyl (C=O) groups excluding carboxylic acids is 1. The number of benzene rings is 1. The second-order valence-electron chi connectivity index (χ2n) is 6.55. The summed E-state index contributed by atoms with van der Waals surface area (Å²) in [6, 6.07) is 9.60. The van der Waals surface area contributed by atoms with Gasteiger partial charge in [-0.25, -0.2) is 4.98 Å². The molecule has 29 heavy (non-hydrogen) atoms. The van der Waals surface area contributed by atoms with Gasteiger partial charge in [0.15, 0.2) is 0 Å². The average Bonchev–Trinajstić information content (AvgIpc) is 3.38.